The zero-order chi connectivity index (χ0) is 11.8. The molecule has 0 saturated carbocycles. The Balaban J connectivity index is 2.09. The lowest BCUT2D eigenvalue weighted by atomic mass is 10.1. The smallest absolute Gasteiger partial charge is 0.221 e. The van der Waals surface area contributed by atoms with Gasteiger partial charge in [-0.25, -0.2) is 0 Å². The summed E-state index contributed by atoms with van der Waals surface area (Å²) in [5.41, 5.74) is 0. The number of hydrogen-bond donors (Lipinski definition) is 2. The first-order valence-electron chi connectivity index (χ1n) is 6.34. The van der Waals surface area contributed by atoms with Crippen LogP contribution in [0.2, 0.25) is 0 Å². The van der Waals surface area contributed by atoms with Gasteiger partial charge in [-0.2, -0.15) is 0 Å². The predicted octanol–water partition coefficient (Wildman–Crippen LogP) is 1.06. The molecule has 1 fully saturated rings. The van der Waals surface area contributed by atoms with Crippen molar-refractivity contribution in [2.24, 2.45) is 0 Å². The highest BCUT2D eigenvalue weighted by Crippen LogP contribution is 2.11. The Morgan fingerprint density at radius 1 is 1.50 bits per heavy atom. The van der Waals surface area contributed by atoms with Crippen LogP contribution in [0.4, 0.5) is 0 Å². The van der Waals surface area contributed by atoms with E-state index < -0.39 is 0 Å². The molecule has 0 bridgehead atoms. The fourth-order valence-corrected chi connectivity index (χ4v) is 1.97. The zero-order valence-corrected chi connectivity index (χ0v) is 10.4. The lowest BCUT2D eigenvalue weighted by Gasteiger charge is -2.23. The van der Waals surface area contributed by atoms with Crippen LogP contribution in [0.15, 0.2) is 0 Å². The van der Waals surface area contributed by atoms with Crippen LogP contribution < -0.4 is 10.6 Å². The maximum atomic E-state index is 11.6. The largest absolute Gasteiger partial charge is 0.376 e. The van der Waals surface area contributed by atoms with E-state index >= 15 is 0 Å². The van der Waals surface area contributed by atoms with Crippen molar-refractivity contribution < 1.29 is 9.53 Å². The average Bonchev–Trinajstić information content (AvgIpc) is 2.28. The van der Waals surface area contributed by atoms with E-state index in [0.29, 0.717) is 13.0 Å². The maximum Gasteiger partial charge on any atom is 0.221 e. The molecule has 1 saturated heterocycles. The van der Waals surface area contributed by atoms with E-state index in [1.807, 2.05) is 13.8 Å². The molecule has 94 valence electrons. The summed E-state index contributed by atoms with van der Waals surface area (Å²) in [7, 11) is 0. The molecule has 0 spiro atoms. The lowest BCUT2D eigenvalue weighted by Crippen LogP contribution is -2.38. The van der Waals surface area contributed by atoms with Crippen LogP contribution in [0.3, 0.4) is 0 Å². The fraction of sp³-hybridized carbons (Fsp3) is 0.917. The molecule has 1 aliphatic rings. The number of carbonyl (C=O) groups excluding carboxylic acids is 1. The number of carbonyl (C=O) groups is 1. The highest BCUT2D eigenvalue weighted by molar-refractivity contribution is 5.76. The quantitative estimate of drug-likeness (QED) is 0.714. The van der Waals surface area contributed by atoms with E-state index in [1.165, 1.54) is 6.42 Å². The molecule has 2 unspecified atom stereocenters. The molecule has 1 amide bonds. The predicted molar refractivity (Wildman–Crippen MR) is 64.4 cm³/mol. The Kier molecular flexibility index (Phi) is 6.42. The summed E-state index contributed by atoms with van der Waals surface area (Å²) in [6.45, 7) is 6.48. The number of hydrogen-bond acceptors (Lipinski definition) is 3. The Hall–Kier alpha value is -0.610. The molecular weight excluding hydrogens is 204 g/mol. The number of ether oxygens (including phenoxy) is 1. The van der Waals surface area contributed by atoms with Crippen molar-refractivity contribution in [2.75, 3.05) is 19.7 Å². The minimum atomic E-state index is 0.114. The molecule has 1 heterocycles. The summed E-state index contributed by atoms with van der Waals surface area (Å²) in [6.07, 6.45) is 4.21. The number of nitrogens with one attached hydrogen (secondary N) is 2. The number of amides is 1. The van der Waals surface area contributed by atoms with Crippen LogP contribution in [0.1, 0.15) is 39.5 Å². The van der Waals surface area contributed by atoms with Crippen molar-refractivity contribution in [3.8, 4) is 0 Å². The van der Waals surface area contributed by atoms with E-state index in [9.17, 15) is 4.79 Å². The second kappa shape index (κ2) is 7.63. The van der Waals surface area contributed by atoms with Crippen molar-refractivity contribution in [3.05, 3.63) is 0 Å². The van der Waals surface area contributed by atoms with Crippen molar-refractivity contribution >= 4 is 5.91 Å². The van der Waals surface area contributed by atoms with Gasteiger partial charge in [-0.15, -0.1) is 0 Å². The van der Waals surface area contributed by atoms with Crippen LogP contribution in [-0.4, -0.2) is 37.7 Å². The van der Waals surface area contributed by atoms with Gasteiger partial charge in [0.25, 0.3) is 0 Å². The van der Waals surface area contributed by atoms with Crippen molar-refractivity contribution in [1.29, 1.82) is 0 Å². The molecule has 1 rings (SSSR count). The lowest BCUT2D eigenvalue weighted by molar-refractivity contribution is -0.122. The Labute approximate surface area is 98.1 Å². The van der Waals surface area contributed by atoms with Crippen LogP contribution in [0, 0.1) is 0 Å². The fourth-order valence-electron chi connectivity index (χ4n) is 1.97. The summed E-state index contributed by atoms with van der Waals surface area (Å²) in [6, 6.07) is 0.247. The molecule has 0 aliphatic carbocycles. The van der Waals surface area contributed by atoms with Gasteiger partial charge in [0.05, 0.1) is 6.10 Å². The van der Waals surface area contributed by atoms with Crippen molar-refractivity contribution in [2.45, 2.75) is 51.7 Å². The summed E-state index contributed by atoms with van der Waals surface area (Å²) < 4.78 is 5.55. The molecule has 16 heavy (non-hydrogen) atoms. The molecule has 4 heteroatoms. The van der Waals surface area contributed by atoms with Crippen LogP contribution in [0.5, 0.6) is 0 Å². The van der Waals surface area contributed by atoms with Gasteiger partial charge in [0.15, 0.2) is 0 Å². The Morgan fingerprint density at radius 3 is 2.94 bits per heavy atom. The highest BCUT2D eigenvalue weighted by atomic mass is 16.5. The third-order valence-electron chi connectivity index (χ3n) is 2.85. The normalized spacial score (nSPS) is 22.8. The van der Waals surface area contributed by atoms with Gasteiger partial charge in [-0.3, -0.25) is 4.79 Å². The molecule has 4 nitrogen and oxygen atoms in total. The average molecular weight is 228 g/mol. The van der Waals surface area contributed by atoms with Crippen LogP contribution in [0.25, 0.3) is 0 Å². The Bertz CT molecular complexity index is 203. The first-order chi connectivity index (χ1) is 7.72. The maximum absolute atomic E-state index is 11.6. The minimum absolute atomic E-state index is 0.114. The van der Waals surface area contributed by atoms with Crippen LogP contribution >= 0.6 is 0 Å². The summed E-state index contributed by atoms with van der Waals surface area (Å²) in [5.74, 6) is 0.114. The molecule has 2 N–H and O–H groups in total. The monoisotopic (exact) mass is 228 g/mol. The van der Waals surface area contributed by atoms with E-state index in [4.69, 9.17) is 4.74 Å². The Morgan fingerprint density at radius 2 is 2.31 bits per heavy atom. The van der Waals surface area contributed by atoms with Crippen LogP contribution in [-0.2, 0) is 9.53 Å². The second-order valence-corrected chi connectivity index (χ2v) is 4.46. The zero-order valence-electron chi connectivity index (χ0n) is 10.4. The van der Waals surface area contributed by atoms with E-state index in [2.05, 4.69) is 10.6 Å². The first kappa shape index (κ1) is 13.5. The summed E-state index contributed by atoms with van der Waals surface area (Å²) in [4.78, 5) is 11.6. The number of rotatable bonds is 6. The van der Waals surface area contributed by atoms with Gasteiger partial charge in [0.2, 0.25) is 5.91 Å². The minimum Gasteiger partial charge on any atom is -0.376 e. The highest BCUT2D eigenvalue weighted by Gasteiger charge is 2.15. The molecule has 1 aliphatic heterocycles. The van der Waals surface area contributed by atoms with Crippen molar-refractivity contribution in [1.82, 2.24) is 10.6 Å². The topological polar surface area (TPSA) is 50.4 Å². The first-order valence-corrected chi connectivity index (χ1v) is 6.34. The molecule has 0 aromatic carbocycles. The van der Waals surface area contributed by atoms with Gasteiger partial charge >= 0.3 is 0 Å². The summed E-state index contributed by atoms with van der Waals surface area (Å²) >= 11 is 0. The molecule has 2 atom stereocenters. The molecule has 0 aromatic rings. The van der Waals surface area contributed by atoms with Gasteiger partial charge in [0.1, 0.15) is 0 Å². The third kappa shape index (κ3) is 5.47. The van der Waals surface area contributed by atoms with E-state index in [-0.39, 0.29) is 18.1 Å². The van der Waals surface area contributed by atoms with Gasteiger partial charge in [-0.05, 0) is 32.7 Å². The molecule has 0 radical (unpaired) electrons. The third-order valence-corrected chi connectivity index (χ3v) is 2.85. The molecular formula is C12H24N2O2. The summed E-state index contributed by atoms with van der Waals surface area (Å²) in [5, 5.41) is 6.16. The van der Waals surface area contributed by atoms with Gasteiger partial charge in [0, 0.05) is 25.6 Å². The van der Waals surface area contributed by atoms with E-state index in [0.717, 1.165) is 26.0 Å². The van der Waals surface area contributed by atoms with E-state index in [1.54, 1.807) is 0 Å². The molecule has 0 aromatic heterocycles. The van der Waals surface area contributed by atoms with Gasteiger partial charge < -0.3 is 15.4 Å². The SMILES string of the molecule is CCNC(C)CC(=O)NCC1CCCCO1. The second-order valence-electron chi connectivity index (χ2n) is 4.46. The van der Waals surface area contributed by atoms with Crippen molar-refractivity contribution in [3.63, 3.8) is 0 Å². The van der Waals surface area contributed by atoms with Gasteiger partial charge in [-0.1, -0.05) is 6.92 Å². The standard InChI is InChI=1S/C12H24N2O2/c1-3-13-10(2)8-12(15)14-9-11-6-4-5-7-16-11/h10-11,13H,3-9H2,1-2H3,(H,14,15).